The number of hydrogen-bond acceptors (Lipinski definition) is 0. The molecule has 0 nitrogen and oxygen atoms in total. The molecule has 2 heteroatoms. The Morgan fingerprint density at radius 2 is 0.575 bits per heavy atom. The minimum absolute atomic E-state index is 1.19. The molecule has 5 aromatic rings. The van der Waals surface area contributed by atoms with Gasteiger partial charge in [-0.3, -0.25) is 0 Å². The first kappa shape index (κ1) is 28.7. The summed E-state index contributed by atoms with van der Waals surface area (Å²) in [6.45, 7) is 0. The zero-order chi connectivity index (χ0) is 27.2. The average molecular weight is 642 g/mol. The fourth-order valence-electron chi connectivity index (χ4n) is 5.60. The standard InChI is InChI=1S/C38H40Ge2/c1-5-19-35(20-6-1)39(36-21-7-2-8-22-36)31-15-13-17-33-27-29-34(30-28-33)18-14-16-32-40(37-23-9-3-10-24-37)38-25-11-4-12-26-38/h1-12,19-30H,13-18,31-32H2. The molecule has 200 valence electrons. The predicted molar refractivity (Wildman–Crippen MR) is 178 cm³/mol. The molecule has 5 rings (SSSR count). The maximum atomic E-state index is 2.38. The van der Waals surface area contributed by atoms with Crippen molar-refractivity contribution >= 4 is 46.3 Å². The maximum absolute atomic E-state index is 2.38. The number of rotatable bonds is 14. The van der Waals surface area contributed by atoms with E-state index in [1.807, 2.05) is 0 Å². The Labute approximate surface area is 250 Å². The van der Waals surface area contributed by atoms with E-state index in [-0.39, 0.29) is 0 Å². The van der Waals surface area contributed by atoms with Crippen LogP contribution in [0.1, 0.15) is 36.8 Å². The van der Waals surface area contributed by atoms with E-state index in [4.69, 9.17) is 0 Å². The van der Waals surface area contributed by atoms with E-state index < -0.39 is 28.7 Å². The van der Waals surface area contributed by atoms with Crippen LogP contribution < -0.4 is 17.6 Å². The van der Waals surface area contributed by atoms with Crippen molar-refractivity contribution in [2.75, 3.05) is 0 Å². The van der Waals surface area contributed by atoms with Gasteiger partial charge in [-0.15, -0.1) is 0 Å². The Kier molecular flexibility index (Phi) is 11.4. The van der Waals surface area contributed by atoms with Crippen LogP contribution in [0.5, 0.6) is 0 Å². The first-order chi connectivity index (χ1) is 19.9. The second-order valence-electron chi connectivity index (χ2n) is 10.7. The fraction of sp³-hybridized carbons (Fsp3) is 0.211. The summed E-state index contributed by atoms with van der Waals surface area (Å²) in [7, 11) is 0. The molecule has 0 aromatic heterocycles. The van der Waals surface area contributed by atoms with Crippen LogP contribution in [0.15, 0.2) is 146 Å². The average Bonchev–Trinajstić information content (AvgIpc) is 3.03. The normalized spacial score (nSPS) is 11.2. The third-order valence-electron chi connectivity index (χ3n) is 7.80. The van der Waals surface area contributed by atoms with Crippen molar-refractivity contribution in [2.24, 2.45) is 0 Å². The van der Waals surface area contributed by atoms with E-state index in [1.165, 1.54) is 60.2 Å². The van der Waals surface area contributed by atoms with Crippen LogP contribution in [-0.2, 0) is 12.8 Å². The summed E-state index contributed by atoms with van der Waals surface area (Å²) in [6.07, 6.45) is 7.57. The van der Waals surface area contributed by atoms with Gasteiger partial charge in [0, 0.05) is 0 Å². The van der Waals surface area contributed by atoms with Crippen LogP contribution in [0, 0.1) is 0 Å². The second kappa shape index (κ2) is 15.8. The van der Waals surface area contributed by atoms with Crippen molar-refractivity contribution in [1.82, 2.24) is 0 Å². The minimum atomic E-state index is -1.47. The summed E-state index contributed by atoms with van der Waals surface area (Å²) in [5.41, 5.74) is 2.98. The van der Waals surface area contributed by atoms with E-state index >= 15 is 0 Å². The van der Waals surface area contributed by atoms with Gasteiger partial charge in [0.15, 0.2) is 0 Å². The summed E-state index contributed by atoms with van der Waals surface area (Å²) in [4.78, 5) is 0. The van der Waals surface area contributed by atoms with Gasteiger partial charge in [0.1, 0.15) is 0 Å². The first-order valence-corrected chi connectivity index (χ1v) is 22.0. The molecule has 0 heterocycles. The van der Waals surface area contributed by atoms with Crippen LogP contribution in [0.4, 0.5) is 0 Å². The van der Waals surface area contributed by atoms with E-state index in [0.717, 1.165) is 0 Å². The molecule has 2 radical (unpaired) electrons. The Hall–Kier alpha value is -2.81. The molecule has 0 spiro atoms. The van der Waals surface area contributed by atoms with E-state index in [2.05, 4.69) is 146 Å². The topological polar surface area (TPSA) is 0 Å². The van der Waals surface area contributed by atoms with Gasteiger partial charge in [-0.1, -0.05) is 0 Å². The number of hydrogen-bond donors (Lipinski definition) is 0. The van der Waals surface area contributed by atoms with Crippen LogP contribution in [0.25, 0.3) is 0 Å². The van der Waals surface area contributed by atoms with E-state index in [0.29, 0.717) is 0 Å². The SMILES string of the molecule is c1cc[c]([Ge]([CH2]CCCc2ccc(CCC[CH2][Ge]([c]3ccccc3)[c]3ccccc3)cc2)[c]2ccccc2)cc1. The third-order valence-corrected chi connectivity index (χ3v) is 20.0. The molecular weight excluding hydrogens is 602 g/mol. The van der Waals surface area contributed by atoms with Crippen LogP contribution in [0.2, 0.25) is 10.5 Å². The molecule has 40 heavy (non-hydrogen) atoms. The Balaban J connectivity index is 1.07. The molecule has 0 unspecified atom stereocenters. The zero-order valence-corrected chi connectivity index (χ0v) is 27.7. The van der Waals surface area contributed by atoms with Crippen LogP contribution >= 0.6 is 0 Å². The fourth-order valence-corrected chi connectivity index (χ4v) is 16.9. The van der Waals surface area contributed by atoms with Crippen LogP contribution in [0.3, 0.4) is 0 Å². The van der Waals surface area contributed by atoms with Gasteiger partial charge in [-0.25, -0.2) is 0 Å². The molecule has 0 atom stereocenters. The van der Waals surface area contributed by atoms with Gasteiger partial charge >= 0.3 is 252 Å². The summed E-state index contributed by atoms with van der Waals surface area (Å²) in [6, 6.07) is 54.6. The first-order valence-electron chi connectivity index (χ1n) is 14.9. The molecule has 0 saturated heterocycles. The van der Waals surface area contributed by atoms with Crippen molar-refractivity contribution < 1.29 is 0 Å². The molecule has 0 bridgehead atoms. The Morgan fingerprint density at radius 3 is 0.850 bits per heavy atom. The monoisotopic (exact) mass is 644 g/mol. The van der Waals surface area contributed by atoms with Gasteiger partial charge in [0.25, 0.3) is 0 Å². The number of unbranched alkanes of at least 4 members (excludes halogenated alkanes) is 2. The van der Waals surface area contributed by atoms with Gasteiger partial charge < -0.3 is 0 Å². The van der Waals surface area contributed by atoms with Crippen molar-refractivity contribution in [3.05, 3.63) is 157 Å². The molecule has 0 aliphatic rings. The molecular formula is C38H40Ge2. The zero-order valence-electron chi connectivity index (χ0n) is 23.5. The summed E-state index contributed by atoms with van der Waals surface area (Å²) in [5.74, 6) is 0. The molecule has 0 aliphatic heterocycles. The van der Waals surface area contributed by atoms with Crippen LogP contribution in [-0.4, -0.2) is 28.7 Å². The summed E-state index contributed by atoms with van der Waals surface area (Å²) < 4.78 is 6.39. The molecule has 0 N–H and O–H groups in total. The predicted octanol–water partition coefficient (Wildman–Crippen LogP) is 6.95. The Bertz CT molecular complexity index is 1180. The van der Waals surface area contributed by atoms with Gasteiger partial charge in [0.2, 0.25) is 0 Å². The van der Waals surface area contributed by atoms with Gasteiger partial charge in [-0.05, 0) is 0 Å². The molecule has 0 fully saturated rings. The van der Waals surface area contributed by atoms with Crippen molar-refractivity contribution in [3.63, 3.8) is 0 Å². The molecule has 0 amide bonds. The van der Waals surface area contributed by atoms with Crippen molar-refractivity contribution in [3.8, 4) is 0 Å². The second-order valence-corrected chi connectivity index (χ2v) is 21.6. The summed E-state index contributed by atoms with van der Waals surface area (Å²) >= 11 is -2.94. The van der Waals surface area contributed by atoms with Crippen molar-refractivity contribution in [2.45, 2.75) is 49.0 Å². The molecule has 0 aliphatic carbocycles. The quantitative estimate of drug-likeness (QED) is 0.0910. The number of benzene rings is 5. The van der Waals surface area contributed by atoms with Gasteiger partial charge in [-0.2, -0.15) is 0 Å². The van der Waals surface area contributed by atoms with E-state index in [1.54, 1.807) is 17.6 Å². The summed E-state index contributed by atoms with van der Waals surface area (Å²) in [5, 5.41) is 2.73. The molecule has 0 saturated carbocycles. The third kappa shape index (κ3) is 8.59. The van der Waals surface area contributed by atoms with Crippen molar-refractivity contribution in [1.29, 1.82) is 0 Å². The number of aryl methyl sites for hydroxylation is 2. The van der Waals surface area contributed by atoms with Gasteiger partial charge in [0.05, 0.1) is 0 Å². The molecule has 5 aromatic carbocycles. The Morgan fingerprint density at radius 1 is 0.300 bits per heavy atom. The van der Waals surface area contributed by atoms with E-state index in [9.17, 15) is 0 Å².